The number of thiazole rings is 1. The molecule has 1 aliphatic carbocycles. The molecule has 0 spiro atoms. The maximum atomic E-state index is 4.58. The standard InChI is InChI=1S/C16H29N3S/c1-13(2)17-11-16(7-5-6-8-16)12-19(4)9-15-10-20-14(3)18-15/h10,13,17H,5-9,11-12H2,1-4H3. The Balaban J connectivity index is 1.90. The molecule has 0 unspecified atom stereocenters. The zero-order valence-corrected chi connectivity index (χ0v) is 14.2. The fourth-order valence-electron chi connectivity index (χ4n) is 3.32. The Morgan fingerprint density at radius 1 is 1.40 bits per heavy atom. The summed E-state index contributed by atoms with van der Waals surface area (Å²) in [6.45, 7) is 9.89. The van der Waals surface area contributed by atoms with Gasteiger partial charge >= 0.3 is 0 Å². The number of aromatic nitrogens is 1. The Labute approximate surface area is 127 Å². The maximum absolute atomic E-state index is 4.58. The fraction of sp³-hybridized carbons (Fsp3) is 0.812. The number of hydrogen-bond donors (Lipinski definition) is 1. The van der Waals surface area contributed by atoms with Crippen molar-refractivity contribution in [2.75, 3.05) is 20.1 Å². The van der Waals surface area contributed by atoms with Gasteiger partial charge in [0, 0.05) is 31.1 Å². The van der Waals surface area contributed by atoms with Gasteiger partial charge in [-0.1, -0.05) is 26.7 Å². The third-order valence-corrected chi connectivity index (χ3v) is 5.08. The van der Waals surface area contributed by atoms with Gasteiger partial charge in [0.2, 0.25) is 0 Å². The van der Waals surface area contributed by atoms with Crippen LogP contribution in [0.2, 0.25) is 0 Å². The van der Waals surface area contributed by atoms with Crippen molar-refractivity contribution in [3.8, 4) is 0 Å². The Bertz CT molecular complexity index is 408. The van der Waals surface area contributed by atoms with Crippen LogP contribution >= 0.6 is 11.3 Å². The summed E-state index contributed by atoms with van der Waals surface area (Å²) < 4.78 is 0. The topological polar surface area (TPSA) is 28.2 Å². The second kappa shape index (κ2) is 7.01. The molecule has 0 radical (unpaired) electrons. The van der Waals surface area contributed by atoms with Crippen molar-refractivity contribution in [2.45, 2.75) is 59.0 Å². The zero-order chi connectivity index (χ0) is 14.6. The Hall–Kier alpha value is -0.450. The molecule has 0 aromatic carbocycles. The number of nitrogens with one attached hydrogen (secondary N) is 1. The Morgan fingerprint density at radius 2 is 2.10 bits per heavy atom. The van der Waals surface area contributed by atoms with E-state index in [-0.39, 0.29) is 0 Å². The molecule has 3 nitrogen and oxygen atoms in total. The van der Waals surface area contributed by atoms with Gasteiger partial charge in [-0.3, -0.25) is 4.90 Å². The second-order valence-corrected chi connectivity index (χ2v) is 7.84. The predicted octanol–water partition coefficient (Wildman–Crippen LogP) is 3.44. The molecule has 1 N–H and O–H groups in total. The molecular formula is C16H29N3S. The highest BCUT2D eigenvalue weighted by Gasteiger charge is 2.34. The first-order valence-corrected chi connectivity index (χ1v) is 8.70. The Morgan fingerprint density at radius 3 is 2.65 bits per heavy atom. The van der Waals surface area contributed by atoms with Crippen molar-refractivity contribution in [3.63, 3.8) is 0 Å². The van der Waals surface area contributed by atoms with Gasteiger partial charge < -0.3 is 5.32 Å². The molecule has 0 bridgehead atoms. The minimum Gasteiger partial charge on any atom is -0.314 e. The number of rotatable bonds is 7. The minimum atomic E-state index is 0.476. The minimum absolute atomic E-state index is 0.476. The van der Waals surface area contributed by atoms with Crippen molar-refractivity contribution in [1.82, 2.24) is 15.2 Å². The van der Waals surface area contributed by atoms with Gasteiger partial charge in [0.25, 0.3) is 0 Å². The predicted molar refractivity (Wildman–Crippen MR) is 87.2 cm³/mol. The van der Waals surface area contributed by atoms with Crippen LogP contribution in [0.25, 0.3) is 0 Å². The summed E-state index contributed by atoms with van der Waals surface area (Å²) in [6.07, 6.45) is 5.52. The van der Waals surface area contributed by atoms with Crippen LogP contribution in [0, 0.1) is 12.3 Å². The van der Waals surface area contributed by atoms with Crippen molar-refractivity contribution >= 4 is 11.3 Å². The molecule has 1 heterocycles. The first-order chi connectivity index (χ1) is 9.49. The van der Waals surface area contributed by atoms with Crippen molar-refractivity contribution in [1.29, 1.82) is 0 Å². The first kappa shape index (κ1) is 15.9. The number of nitrogens with zero attached hydrogens (tertiary/aromatic N) is 2. The molecule has 1 aromatic heterocycles. The average Bonchev–Trinajstić information content (AvgIpc) is 2.97. The van der Waals surface area contributed by atoms with E-state index in [1.165, 1.54) is 42.9 Å². The molecule has 4 heteroatoms. The van der Waals surface area contributed by atoms with Crippen molar-refractivity contribution < 1.29 is 0 Å². The molecule has 0 aliphatic heterocycles. The summed E-state index contributed by atoms with van der Waals surface area (Å²) in [5.74, 6) is 0. The molecule has 1 aromatic rings. The highest BCUT2D eigenvalue weighted by Crippen LogP contribution is 2.38. The Kier molecular flexibility index (Phi) is 5.58. The maximum Gasteiger partial charge on any atom is 0.0897 e. The van der Waals surface area contributed by atoms with Crippen molar-refractivity contribution in [2.24, 2.45) is 5.41 Å². The smallest absolute Gasteiger partial charge is 0.0897 e. The van der Waals surface area contributed by atoms with E-state index in [9.17, 15) is 0 Å². The average molecular weight is 295 g/mol. The summed E-state index contributed by atoms with van der Waals surface area (Å²) in [5.41, 5.74) is 1.70. The molecular weight excluding hydrogens is 266 g/mol. The van der Waals surface area contributed by atoms with Gasteiger partial charge in [-0.2, -0.15) is 0 Å². The van der Waals surface area contributed by atoms with Gasteiger partial charge in [0.1, 0.15) is 0 Å². The van der Waals surface area contributed by atoms with E-state index in [0.717, 1.165) is 13.1 Å². The summed E-state index contributed by atoms with van der Waals surface area (Å²) in [7, 11) is 2.24. The third-order valence-electron chi connectivity index (χ3n) is 4.25. The normalized spacial score (nSPS) is 18.3. The van der Waals surface area contributed by atoms with Gasteiger partial charge in [0.15, 0.2) is 0 Å². The SMILES string of the molecule is Cc1nc(CN(C)CC2(CNC(C)C)CCCC2)cs1. The monoisotopic (exact) mass is 295 g/mol. The molecule has 114 valence electrons. The van der Waals surface area contributed by atoms with Gasteiger partial charge in [-0.25, -0.2) is 4.98 Å². The van der Waals surface area contributed by atoms with Crippen LogP contribution in [0.3, 0.4) is 0 Å². The first-order valence-electron chi connectivity index (χ1n) is 7.82. The van der Waals surface area contributed by atoms with E-state index >= 15 is 0 Å². The van der Waals surface area contributed by atoms with Crippen LogP contribution in [-0.4, -0.2) is 36.1 Å². The second-order valence-electron chi connectivity index (χ2n) is 6.77. The lowest BCUT2D eigenvalue weighted by atomic mass is 9.85. The van der Waals surface area contributed by atoms with E-state index in [4.69, 9.17) is 0 Å². The van der Waals surface area contributed by atoms with Gasteiger partial charge in [-0.05, 0) is 32.2 Å². The van der Waals surface area contributed by atoms with E-state index in [2.05, 4.69) is 48.4 Å². The van der Waals surface area contributed by atoms with E-state index in [1.807, 2.05) is 0 Å². The summed E-state index contributed by atoms with van der Waals surface area (Å²) in [4.78, 5) is 7.04. The third kappa shape index (κ3) is 4.54. The molecule has 1 fully saturated rings. The molecule has 1 aliphatic rings. The van der Waals surface area contributed by atoms with E-state index in [0.29, 0.717) is 11.5 Å². The molecule has 2 rings (SSSR count). The van der Waals surface area contributed by atoms with Gasteiger partial charge in [-0.15, -0.1) is 11.3 Å². The summed E-state index contributed by atoms with van der Waals surface area (Å²) in [6, 6.07) is 0.582. The van der Waals surface area contributed by atoms with Crippen LogP contribution in [0.5, 0.6) is 0 Å². The van der Waals surface area contributed by atoms with E-state index < -0.39 is 0 Å². The zero-order valence-electron chi connectivity index (χ0n) is 13.4. The molecule has 0 saturated heterocycles. The largest absolute Gasteiger partial charge is 0.314 e. The molecule has 0 atom stereocenters. The van der Waals surface area contributed by atoms with Crippen LogP contribution in [0.4, 0.5) is 0 Å². The van der Waals surface area contributed by atoms with Crippen molar-refractivity contribution in [3.05, 3.63) is 16.1 Å². The highest BCUT2D eigenvalue weighted by atomic mass is 32.1. The lowest BCUT2D eigenvalue weighted by molar-refractivity contribution is 0.163. The summed E-state index contributed by atoms with van der Waals surface area (Å²) >= 11 is 1.75. The quantitative estimate of drug-likeness (QED) is 0.835. The van der Waals surface area contributed by atoms with Gasteiger partial charge in [0.05, 0.1) is 10.7 Å². The highest BCUT2D eigenvalue weighted by molar-refractivity contribution is 7.09. The molecule has 20 heavy (non-hydrogen) atoms. The van der Waals surface area contributed by atoms with Crippen LogP contribution in [0.1, 0.15) is 50.2 Å². The van der Waals surface area contributed by atoms with Crippen LogP contribution < -0.4 is 5.32 Å². The van der Waals surface area contributed by atoms with Crippen LogP contribution in [0.15, 0.2) is 5.38 Å². The molecule has 0 amide bonds. The number of hydrogen-bond acceptors (Lipinski definition) is 4. The summed E-state index contributed by atoms with van der Waals surface area (Å²) in [5, 5.41) is 7.03. The lowest BCUT2D eigenvalue weighted by Gasteiger charge is -2.34. The fourth-order valence-corrected chi connectivity index (χ4v) is 3.93. The van der Waals surface area contributed by atoms with Crippen LogP contribution in [-0.2, 0) is 6.54 Å². The number of aryl methyl sites for hydroxylation is 1. The van der Waals surface area contributed by atoms with E-state index in [1.54, 1.807) is 11.3 Å². The molecule has 1 saturated carbocycles. The lowest BCUT2D eigenvalue weighted by Crippen LogP contribution is -2.43.